The molecule has 0 aliphatic heterocycles. The molecule has 3 rings (SSSR count). The Morgan fingerprint density at radius 1 is 0.963 bits per heavy atom. The summed E-state index contributed by atoms with van der Waals surface area (Å²) in [6.45, 7) is 0. The van der Waals surface area contributed by atoms with Crippen molar-refractivity contribution in [2.24, 2.45) is 0 Å². The largest absolute Gasteiger partial charge is 0.352 e. The highest BCUT2D eigenvalue weighted by molar-refractivity contribution is 7.91. The molecule has 2 N–H and O–H groups in total. The zero-order valence-electron chi connectivity index (χ0n) is 15.3. The van der Waals surface area contributed by atoms with Crippen molar-refractivity contribution in [3.8, 4) is 0 Å². The molecular weight excluding hydrogens is 380 g/mol. The smallest absolute Gasteiger partial charge is 0.251 e. The van der Waals surface area contributed by atoms with Crippen molar-refractivity contribution in [1.82, 2.24) is 10.0 Å². The van der Waals surface area contributed by atoms with E-state index in [-0.39, 0.29) is 16.2 Å². The molecule has 0 spiro atoms. The standard InChI is InChI=1S/C20H26N2O3S2/c23-20(21-17-12-7-2-1-3-8-13-17)19(16-10-5-4-6-11-16)22-27(24,25)18-14-9-15-26-18/h4-6,9-11,14-15,17,19,22H,1-3,7-8,12-13H2,(H,21,23)/t19-/m1/s1. The molecule has 1 atom stereocenters. The van der Waals surface area contributed by atoms with Crippen molar-refractivity contribution >= 4 is 27.3 Å². The molecule has 146 valence electrons. The number of carbonyl (C=O) groups excluding carboxylic acids is 1. The number of hydrogen-bond donors (Lipinski definition) is 2. The third-order valence-corrected chi connectivity index (χ3v) is 7.70. The van der Waals surface area contributed by atoms with Crippen LogP contribution in [-0.2, 0) is 14.8 Å². The van der Waals surface area contributed by atoms with Crippen molar-refractivity contribution in [3.05, 3.63) is 53.4 Å². The van der Waals surface area contributed by atoms with E-state index in [0.29, 0.717) is 5.56 Å². The molecule has 0 saturated heterocycles. The van der Waals surface area contributed by atoms with Crippen molar-refractivity contribution in [2.45, 2.75) is 61.2 Å². The third kappa shape index (κ3) is 5.64. The number of thiophene rings is 1. The minimum absolute atomic E-state index is 0.107. The van der Waals surface area contributed by atoms with Crippen LogP contribution in [0.5, 0.6) is 0 Å². The van der Waals surface area contributed by atoms with Crippen molar-refractivity contribution < 1.29 is 13.2 Å². The van der Waals surface area contributed by atoms with Gasteiger partial charge in [0.15, 0.2) is 0 Å². The Bertz CT molecular complexity index is 812. The summed E-state index contributed by atoms with van der Waals surface area (Å²) in [4.78, 5) is 13.0. The fourth-order valence-corrected chi connectivity index (χ4v) is 5.63. The van der Waals surface area contributed by atoms with Crippen LogP contribution in [0.4, 0.5) is 0 Å². The van der Waals surface area contributed by atoms with Gasteiger partial charge in [-0.1, -0.05) is 68.5 Å². The minimum Gasteiger partial charge on any atom is -0.352 e. The minimum atomic E-state index is -3.76. The van der Waals surface area contributed by atoms with Gasteiger partial charge in [-0.05, 0) is 29.9 Å². The van der Waals surface area contributed by atoms with E-state index in [2.05, 4.69) is 10.0 Å². The van der Waals surface area contributed by atoms with Crippen molar-refractivity contribution in [2.75, 3.05) is 0 Å². The van der Waals surface area contributed by atoms with E-state index >= 15 is 0 Å². The summed E-state index contributed by atoms with van der Waals surface area (Å²) >= 11 is 1.14. The number of sulfonamides is 1. The van der Waals surface area contributed by atoms with Gasteiger partial charge in [-0.15, -0.1) is 11.3 Å². The molecule has 1 aliphatic rings. The normalized spacial score (nSPS) is 17.6. The summed E-state index contributed by atoms with van der Waals surface area (Å²) in [5.41, 5.74) is 0.640. The van der Waals surface area contributed by atoms with Crippen molar-refractivity contribution in [3.63, 3.8) is 0 Å². The SMILES string of the molecule is O=C(NC1CCCCCCC1)[C@H](NS(=O)(=O)c1cccs1)c1ccccc1. The first kappa shape index (κ1) is 20.0. The lowest BCUT2D eigenvalue weighted by atomic mass is 9.96. The Kier molecular flexibility index (Phi) is 7.04. The molecule has 1 heterocycles. The number of benzene rings is 1. The molecule has 1 amide bonds. The predicted molar refractivity (Wildman–Crippen MR) is 108 cm³/mol. The topological polar surface area (TPSA) is 75.3 Å². The highest BCUT2D eigenvalue weighted by atomic mass is 32.2. The number of amides is 1. The maximum absolute atomic E-state index is 13.0. The molecule has 0 unspecified atom stereocenters. The van der Waals surface area contributed by atoms with Gasteiger partial charge in [0, 0.05) is 6.04 Å². The Balaban J connectivity index is 1.78. The summed E-state index contributed by atoms with van der Waals surface area (Å²) in [5, 5.41) is 4.80. The fraction of sp³-hybridized carbons (Fsp3) is 0.450. The Morgan fingerprint density at radius 2 is 1.63 bits per heavy atom. The molecule has 1 aliphatic carbocycles. The first-order chi connectivity index (χ1) is 13.1. The number of rotatable bonds is 6. The van der Waals surface area contributed by atoms with E-state index < -0.39 is 16.1 Å². The van der Waals surface area contributed by atoms with Crippen LogP contribution >= 0.6 is 11.3 Å². The first-order valence-electron chi connectivity index (χ1n) is 9.47. The summed E-state index contributed by atoms with van der Waals surface area (Å²) in [7, 11) is -3.76. The van der Waals surface area contributed by atoms with Gasteiger partial charge in [0.25, 0.3) is 10.0 Å². The van der Waals surface area contributed by atoms with Gasteiger partial charge in [0.1, 0.15) is 10.3 Å². The van der Waals surface area contributed by atoms with Crippen LogP contribution in [0.2, 0.25) is 0 Å². The molecule has 1 saturated carbocycles. The second-order valence-corrected chi connectivity index (χ2v) is 9.84. The van der Waals surface area contributed by atoms with Gasteiger partial charge in [0.2, 0.25) is 5.91 Å². The average molecular weight is 407 g/mol. The zero-order valence-corrected chi connectivity index (χ0v) is 16.9. The molecule has 2 aromatic rings. The van der Waals surface area contributed by atoms with Crippen molar-refractivity contribution in [1.29, 1.82) is 0 Å². The molecule has 27 heavy (non-hydrogen) atoms. The second-order valence-electron chi connectivity index (χ2n) is 6.95. The quantitative estimate of drug-likeness (QED) is 0.761. The monoisotopic (exact) mass is 406 g/mol. The lowest BCUT2D eigenvalue weighted by Crippen LogP contribution is -2.44. The lowest BCUT2D eigenvalue weighted by molar-refractivity contribution is -0.123. The Morgan fingerprint density at radius 3 is 2.26 bits per heavy atom. The highest BCUT2D eigenvalue weighted by Crippen LogP contribution is 2.22. The average Bonchev–Trinajstić information content (AvgIpc) is 3.18. The molecule has 0 bridgehead atoms. The van der Waals surface area contributed by atoms with Gasteiger partial charge < -0.3 is 5.32 Å². The molecule has 1 fully saturated rings. The molecular formula is C20H26N2O3S2. The zero-order chi connectivity index (χ0) is 19.1. The van der Waals surface area contributed by atoms with Crippen LogP contribution < -0.4 is 10.0 Å². The van der Waals surface area contributed by atoms with Gasteiger partial charge in [-0.2, -0.15) is 4.72 Å². The van der Waals surface area contributed by atoms with E-state index in [0.717, 1.165) is 37.0 Å². The Hall–Kier alpha value is -1.70. The van der Waals surface area contributed by atoms with Gasteiger partial charge in [-0.25, -0.2) is 8.42 Å². The highest BCUT2D eigenvalue weighted by Gasteiger charge is 2.29. The van der Waals surface area contributed by atoms with E-state index in [4.69, 9.17) is 0 Å². The van der Waals surface area contributed by atoms with Crippen LogP contribution in [-0.4, -0.2) is 20.4 Å². The maximum Gasteiger partial charge on any atom is 0.251 e. The van der Waals surface area contributed by atoms with Crippen LogP contribution in [0.25, 0.3) is 0 Å². The number of hydrogen-bond acceptors (Lipinski definition) is 4. The van der Waals surface area contributed by atoms with E-state index in [9.17, 15) is 13.2 Å². The third-order valence-electron chi connectivity index (χ3n) is 4.88. The van der Waals surface area contributed by atoms with E-state index in [1.807, 2.05) is 18.2 Å². The van der Waals surface area contributed by atoms with Gasteiger partial charge >= 0.3 is 0 Å². The lowest BCUT2D eigenvalue weighted by Gasteiger charge is -2.25. The molecule has 1 aromatic carbocycles. The summed E-state index contributed by atoms with van der Waals surface area (Å²) in [6, 6.07) is 11.4. The molecule has 0 radical (unpaired) electrons. The van der Waals surface area contributed by atoms with Gasteiger partial charge in [0.05, 0.1) is 0 Å². The van der Waals surface area contributed by atoms with Gasteiger partial charge in [-0.3, -0.25) is 4.79 Å². The van der Waals surface area contributed by atoms with E-state index in [1.54, 1.807) is 29.6 Å². The van der Waals surface area contributed by atoms with Crippen LogP contribution in [0.15, 0.2) is 52.1 Å². The summed E-state index contributed by atoms with van der Waals surface area (Å²) in [5.74, 6) is -0.285. The number of carbonyl (C=O) groups is 1. The summed E-state index contributed by atoms with van der Waals surface area (Å²) in [6.07, 6.45) is 7.74. The van der Waals surface area contributed by atoms with Crippen LogP contribution in [0, 0.1) is 0 Å². The maximum atomic E-state index is 13.0. The molecule has 1 aromatic heterocycles. The number of nitrogens with one attached hydrogen (secondary N) is 2. The molecule has 7 heteroatoms. The van der Waals surface area contributed by atoms with Crippen LogP contribution in [0.3, 0.4) is 0 Å². The summed E-state index contributed by atoms with van der Waals surface area (Å²) < 4.78 is 28.2. The van der Waals surface area contributed by atoms with Crippen LogP contribution in [0.1, 0.15) is 56.6 Å². The molecule has 5 nitrogen and oxygen atoms in total. The predicted octanol–water partition coefficient (Wildman–Crippen LogP) is 4.00. The second kappa shape index (κ2) is 9.48. The van der Waals surface area contributed by atoms with E-state index in [1.165, 1.54) is 19.3 Å². The first-order valence-corrected chi connectivity index (χ1v) is 11.8. The fourth-order valence-electron chi connectivity index (χ4n) is 3.43. The Labute approximate surface area is 165 Å².